The van der Waals surface area contributed by atoms with Crippen molar-refractivity contribution in [2.45, 2.75) is 295 Å². The first-order valence-electron chi connectivity index (χ1n) is 24.3. The first-order valence-corrected chi connectivity index (χ1v) is 24.3. The fourth-order valence-corrected chi connectivity index (χ4v) is 7.93. The van der Waals surface area contributed by atoms with Gasteiger partial charge in [0.2, 0.25) is 5.91 Å². The largest absolute Gasteiger partial charge is 0.394 e. The fourth-order valence-electron chi connectivity index (χ4n) is 7.93. The zero-order valence-corrected chi connectivity index (χ0v) is 36.2. The van der Waals surface area contributed by atoms with E-state index in [1.807, 2.05) is 0 Å². The minimum absolute atomic E-state index is 0.139. The molecule has 0 fully saturated rings. The number of aliphatic hydroxyl groups is 3. The zero-order valence-electron chi connectivity index (χ0n) is 36.2. The molecule has 0 aromatic heterocycles. The fraction of sp³-hybridized carbons (Fsp3) is 0.979. The monoisotopic (exact) mass is 752 g/mol. The lowest BCUT2D eigenvalue weighted by atomic mass is 9.99. The molecule has 5 heteroatoms. The molecule has 4 N–H and O–H groups in total. The molecule has 0 saturated heterocycles. The molecule has 1 amide bonds. The summed E-state index contributed by atoms with van der Waals surface area (Å²) in [7, 11) is 0. The summed E-state index contributed by atoms with van der Waals surface area (Å²) in [6.45, 7) is 4.20. The molecule has 5 nitrogen and oxygen atoms in total. The van der Waals surface area contributed by atoms with Crippen LogP contribution in [0.25, 0.3) is 0 Å². The number of hydrogen-bond donors (Lipinski definition) is 4. The third kappa shape index (κ3) is 39.4. The van der Waals surface area contributed by atoms with Gasteiger partial charge >= 0.3 is 0 Å². The van der Waals surface area contributed by atoms with E-state index in [4.69, 9.17) is 0 Å². The van der Waals surface area contributed by atoms with Crippen LogP contribution in [-0.4, -0.2) is 46.1 Å². The maximum absolute atomic E-state index is 12.4. The SMILES string of the molecule is CCCCCCCCCCCCCCCCCCCCCCCCCCCCCC(=O)N[C@@H](CO)[C@H](O)[C@H](O)CCCCCCCCCCCCCC. The van der Waals surface area contributed by atoms with Crippen LogP contribution in [0.1, 0.15) is 277 Å². The molecule has 0 spiro atoms. The summed E-state index contributed by atoms with van der Waals surface area (Å²) in [5.74, 6) is -0.139. The van der Waals surface area contributed by atoms with Crippen LogP contribution in [0, 0.1) is 0 Å². The molecule has 3 atom stereocenters. The van der Waals surface area contributed by atoms with Crippen LogP contribution in [0.3, 0.4) is 0 Å². The first kappa shape index (κ1) is 52.3. The van der Waals surface area contributed by atoms with E-state index in [2.05, 4.69) is 19.2 Å². The minimum atomic E-state index is -1.13. The van der Waals surface area contributed by atoms with Crippen LogP contribution in [-0.2, 0) is 4.79 Å². The van der Waals surface area contributed by atoms with Gasteiger partial charge < -0.3 is 20.6 Å². The van der Waals surface area contributed by atoms with Crippen molar-refractivity contribution < 1.29 is 20.1 Å². The Morgan fingerprint density at radius 1 is 0.396 bits per heavy atom. The second kappa shape index (κ2) is 44.1. The highest BCUT2D eigenvalue weighted by atomic mass is 16.3. The van der Waals surface area contributed by atoms with Crippen LogP contribution < -0.4 is 5.32 Å². The van der Waals surface area contributed by atoms with E-state index in [9.17, 15) is 20.1 Å². The van der Waals surface area contributed by atoms with Crippen LogP contribution in [0.15, 0.2) is 0 Å². The number of hydrogen-bond acceptors (Lipinski definition) is 4. The number of nitrogens with one attached hydrogen (secondary N) is 1. The second-order valence-electron chi connectivity index (χ2n) is 17.0. The summed E-state index contributed by atoms with van der Waals surface area (Å²) in [6.07, 6.45) is 50.9. The van der Waals surface area contributed by atoms with Gasteiger partial charge in [-0.25, -0.2) is 0 Å². The van der Waals surface area contributed by atoms with Gasteiger partial charge in [-0.1, -0.05) is 258 Å². The lowest BCUT2D eigenvalue weighted by Crippen LogP contribution is -2.50. The summed E-state index contributed by atoms with van der Waals surface area (Å²) >= 11 is 0. The van der Waals surface area contributed by atoms with Gasteiger partial charge in [-0.2, -0.15) is 0 Å². The average molecular weight is 752 g/mol. The number of unbranched alkanes of at least 4 members (excludes halogenated alkanes) is 37. The van der Waals surface area contributed by atoms with E-state index < -0.39 is 18.2 Å². The lowest BCUT2D eigenvalue weighted by Gasteiger charge is -2.26. The highest BCUT2D eigenvalue weighted by Gasteiger charge is 2.26. The van der Waals surface area contributed by atoms with Gasteiger partial charge in [-0.15, -0.1) is 0 Å². The van der Waals surface area contributed by atoms with E-state index in [1.165, 1.54) is 218 Å². The summed E-state index contributed by atoms with van der Waals surface area (Å²) < 4.78 is 0. The average Bonchev–Trinajstić information content (AvgIpc) is 3.16. The van der Waals surface area contributed by atoms with E-state index in [0.29, 0.717) is 12.8 Å². The first-order chi connectivity index (χ1) is 26.1. The Morgan fingerprint density at radius 3 is 0.906 bits per heavy atom. The quantitative estimate of drug-likeness (QED) is 0.0466. The van der Waals surface area contributed by atoms with Gasteiger partial charge in [-0.05, 0) is 12.8 Å². The molecule has 318 valence electrons. The lowest BCUT2D eigenvalue weighted by molar-refractivity contribution is -0.124. The molecule has 0 aromatic carbocycles. The Balaban J connectivity index is 3.48. The Kier molecular flexibility index (Phi) is 43.5. The van der Waals surface area contributed by atoms with Crippen molar-refractivity contribution in [3.8, 4) is 0 Å². The van der Waals surface area contributed by atoms with Gasteiger partial charge in [0.15, 0.2) is 0 Å². The molecule has 0 rings (SSSR count). The summed E-state index contributed by atoms with van der Waals surface area (Å²) in [4.78, 5) is 12.4. The van der Waals surface area contributed by atoms with Gasteiger partial charge in [0.1, 0.15) is 6.10 Å². The Bertz CT molecular complexity index is 703. The predicted octanol–water partition coefficient (Wildman–Crippen LogP) is 14.2. The number of amides is 1. The zero-order chi connectivity index (χ0) is 38.7. The van der Waals surface area contributed by atoms with E-state index in [1.54, 1.807) is 0 Å². The normalized spacial score (nSPS) is 13.4. The van der Waals surface area contributed by atoms with Gasteiger partial charge in [-0.3, -0.25) is 4.79 Å². The molecule has 53 heavy (non-hydrogen) atoms. The third-order valence-corrected chi connectivity index (χ3v) is 11.7. The van der Waals surface area contributed by atoms with Crippen molar-refractivity contribution in [2.75, 3.05) is 6.61 Å². The van der Waals surface area contributed by atoms with Crippen molar-refractivity contribution in [3.63, 3.8) is 0 Å². The number of carbonyl (C=O) groups excluding carboxylic acids is 1. The summed E-state index contributed by atoms with van der Waals surface area (Å²) in [5, 5.41) is 33.5. The molecule has 0 unspecified atom stereocenters. The van der Waals surface area contributed by atoms with Crippen LogP contribution in [0.4, 0.5) is 0 Å². The van der Waals surface area contributed by atoms with Gasteiger partial charge in [0.05, 0.1) is 18.8 Å². The van der Waals surface area contributed by atoms with Crippen LogP contribution in [0.5, 0.6) is 0 Å². The molecule has 0 radical (unpaired) electrons. The highest BCUT2D eigenvalue weighted by Crippen LogP contribution is 2.18. The number of aliphatic hydroxyl groups excluding tert-OH is 3. The van der Waals surface area contributed by atoms with E-state index in [0.717, 1.165) is 32.1 Å². The van der Waals surface area contributed by atoms with Gasteiger partial charge in [0.25, 0.3) is 0 Å². The molecule has 0 heterocycles. The molecule has 0 aliphatic heterocycles. The van der Waals surface area contributed by atoms with Crippen molar-refractivity contribution in [1.29, 1.82) is 0 Å². The van der Waals surface area contributed by atoms with Gasteiger partial charge in [0, 0.05) is 6.42 Å². The third-order valence-electron chi connectivity index (χ3n) is 11.7. The predicted molar refractivity (Wildman–Crippen MR) is 232 cm³/mol. The molecule has 0 bridgehead atoms. The molecule has 0 aromatic rings. The molecule has 0 aliphatic carbocycles. The number of rotatable bonds is 45. The maximum atomic E-state index is 12.4. The van der Waals surface area contributed by atoms with Crippen molar-refractivity contribution in [2.24, 2.45) is 0 Å². The minimum Gasteiger partial charge on any atom is -0.394 e. The van der Waals surface area contributed by atoms with Crippen molar-refractivity contribution >= 4 is 5.91 Å². The molecular formula is C48H97NO4. The Labute approximate surface area is 332 Å². The Morgan fingerprint density at radius 2 is 0.642 bits per heavy atom. The Hall–Kier alpha value is -0.650. The van der Waals surface area contributed by atoms with E-state index >= 15 is 0 Å². The highest BCUT2D eigenvalue weighted by molar-refractivity contribution is 5.76. The van der Waals surface area contributed by atoms with Crippen molar-refractivity contribution in [1.82, 2.24) is 5.32 Å². The molecular weight excluding hydrogens is 655 g/mol. The van der Waals surface area contributed by atoms with Crippen molar-refractivity contribution in [3.05, 3.63) is 0 Å². The second-order valence-corrected chi connectivity index (χ2v) is 17.0. The smallest absolute Gasteiger partial charge is 0.220 e. The summed E-state index contributed by atoms with van der Waals surface area (Å²) in [6, 6.07) is -0.802. The van der Waals surface area contributed by atoms with Crippen LogP contribution in [0.2, 0.25) is 0 Å². The number of carbonyl (C=O) groups is 1. The topological polar surface area (TPSA) is 89.8 Å². The van der Waals surface area contributed by atoms with Crippen LogP contribution >= 0.6 is 0 Å². The molecule has 0 aliphatic rings. The molecule has 0 saturated carbocycles. The maximum Gasteiger partial charge on any atom is 0.220 e. The van der Waals surface area contributed by atoms with E-state index in [-0.39, 0.29) is 12.5 Å². The standard InChI is InChI=1S/C48H97NO4/c1-3-5-7-9-11-13-15-17-18-19-20-21-22-23-24-25-26-27-28-29-30-31-33-35-37-39-41-43-47(52)49-45(44-50)48(53)46(51)42-40-38-36-34-32-16-14-12-10-8-6-4-2/h45-46,48,50-51,53H,3-44H2,1-2H3,(H,49,52)/t45-,46+,48-/m0/s1. The summed E-state index contributed by atoms with van der Waals surface area (Å²) in [5.41, 5.74) is 0.